The van der Waals surface area contributed by atoms with E-state index in [1.807, 2.05) is 0 Å². The summed E-state index contributed by atoms with van der Waals surface area (Å²) in [6.07, 6.45) is 5.62. The standard InChI is InChI=1S/C15H30N4/c16-5-9-17-7-3-14(4-8-17)12-18-10-11-19-6-1-2-15(19)13-18/h14-15H,1-13,16H2. The molecule has 3 saturated heterocycles. The largest absolute Gasteiger partial charge is 0.329 e. The van der Waals surface area contributed by atoms with Crippen molar-refractivity contribution in [1.29, 1.82) is 0 Å². The Morgan fingerprint density at radius 1 is 0.895 bits per heavy atom. The smallest absolute Gasteiger partial charge is 0.0224 e. The molecule has 4 heteroatoms. The van der Waals surface area contributed by atoms with Gasteiger partial charge in [0.2, 0.25) is 0 Å². The summed E-state index contributed by atoms with van der Waals surface area (Å²) in [5.41, 5.74) is 5.64. The van der Waals surface area contributed by atoms with E-state index in [-0.39, 0.29) is 0 Å². The number of nitrogens with two attached hydrogens (primary N) is 1. The molecule has 1 atom stereocenters. The average Bonchev–Trinajstić information content (AvgIpc) is 2.89. The van der Waals surface area contributed by atoms with Gasteiger partial charge in [0.25, 0.3) is 0 Å². The number of piperidine rings is 1. The maximum absolute atomic E-state index is 5.64. The predicted octanol–water partition coefficient (Wildman–Crippen LogP) is 0.437. The number of hydrogen-bond donors (Lipinski definition) is 1. The molecular weight excluding hydrogens is 236 g/mol. The van der Waals surface area contributed by atoms with E-state index in [0.717, 1.165) is 25.0 Å². The van der Waals surface area contributed by atoms with Crippen molar-refractivity contribution >= 4 is 0 Å². The molecule has 4 nitrogen and oxygen atoms in total. The van der Waals surface area contributed by atoms with Crippen LogP contribution in [-0.2, 0) is 0 Å². The fourth-order valence-electron chi connectivity index (χ4n) is 4.16. The summed E-state index contributed by atoms with van der Waals surface area (Å²) in [6.45, 7) is 11.1. The molecule has 1 unspecified atom stereocenters. The molecule has 3 heterocycles. The molecule has 3 aliphatic rings. The van der Waals surface area contributed by atoms with Crippen LogP contribution in [0.25, 0.3) is 0 Å². The van der Waals surface area contributed by atoms with Crippen LogP contribution in [0.5, 0.6) is 0 Å². The summed E-state index contributed by atoms with van der Waals surface area (Å²) in [4.78, 5) is 7.99. The van der Waals surface area contributed by atoms with Gasteiger partial charge in [-0.05, 0) is 51.2 Å². The summed E-state index contributed by atoms with van der Waals surface area (Å²) in [7, 11) is 0. The van der Waals surface area contributed by atoms with Gasteiger partial charge in [-0.15, -0.1) is 0 Å². The third-order valence-electron chi connectivity index (χ3n) is 5.34. The fraction of sp³-hybridized carbons (Fsp3) is 1.00. The Balaban J connectivity index is 1.40. The molecule has 0 bridgehead atoms. The Kier molecular flexibility index (Phi) is 4.74. The highest BCUT2D eigenvalue weighted by molar-refractivity contribution is 4.88. The molecule has 0 spiro atoms. The van der Waals surface area contributed by atoms with E-state index in [1.54, 1.807) is 0 Å². The Hall–Kier alpha value is -0.160. The van der Waals surface area contributed by atoms with Gasteiger partial charge in [0.1, 0.15) is 0 Å². The van der Waals surface area contributed by atoms with Gasteiger partial charge in [-0.25, -0.2) is 0 Å². The normalized spacial score (nSPS) is 31.7. The van der Waals surface area contributed by atoms with Crippen LogP contribution in [0.1, 0.15) is 25.7 Å². The highest BCUT2D eigenvalue weighted by atomic mass is 15.3. The van der Waals surface area contributed by atoms with E-state index in [4.69, 9.17) is 5.73 Å². The molecule has 0 aromatic rings. The van der Waals surface area contributed by atoms with Gasteiger partial charge >= 0.3 is 0 Å². The minimum Gasteiger partial charge on any atom is -0.329 e. The van der Waals surface area contributed by atoms with Gasteiger partial charge in [0.15, 0.2) is 0 Å². The van der Waals surface area contributed by atoms with E-state index in [9.17, 15) is 0 Å². The van der Waals surface area contributed by atoms with Crippen LogP contribution in [-0.4, -0.2) is 79.6 Å². The molecule has 3 rings (SSSR count). The summed E-state index contributed by atoms with van der Waals surface area (Å²) < 4.78 is 0. The quantitative estimate of drug-likeness (QED) is 0.801. The first-order valence-electron chi connectivity index (χ1n) is 8.24. The lowest BCUT2D eigenvalue weighted by atomic mass is 9.95. The van der Waals surface area contributed by atoms with Gasteiger partial charge in [-0.3, -0.25) is 4.90 Å². The first kappa shape index (κ1) is 13.8. The van der Waals surface area contributed by atoms with Crippen LogP contribution in [0.3, 0.4) is 0 Å². The van der Waals surface area contributed by atoms with Crippen molar-refractivity contribution in [2.45, 2.75) is 31.7 Å². The third-order valence-corrected chi connectivity index (χ3v) is 5.34. The lowest BCUT2D eigenvalue weighted by Gasteiger charge is -2.40. The summed E-state index contributed by atoms with van der Waals surface area (Å²) in [6, 6.07) is 0.881. The van der Waals surface area contributed by atoms with Crippen molar-refractivity contribution < 1.29 is 0 Å². The Morgan fingerprint density at radius 2 is 1.74 bits per heavy atom. The van der Waals surface area contributed by atoms with Gasteiger partial charge < -0.3 is 15.5 Å². The van der Waals surface area contributed by atoms with Crippen LogP contribution in [0.4, 0.5) is 0 Å². The Labute approximate surface area is 117 Å². The highest BCUT2D eigenvalue weighted by Gasteiger charge is 2.31. The topological polar surface area (TPSA) is 35.7 Å². The highest BCUT2D eigenvalue weighted by Crippen LogP contribution is 2.24. The summed E-state index contributed by atoms with van der Waals surface area (Å²) >= 11 is 0. The molecule has 0 saturated carbocycles. The molecule has 2 N–H and O–H groups in total. The lowest BCUT2D eigenvalue weighted by molar-refractivity contribution is 0.0762. The molecule has 0 amide bonds. The monoisotopic (exact) mass is 266 g/mol. The van der Waals surface area contributed by atoms with Crippen molar-refractivity contribution in [3.8, 4) is 0 Å². The van der Waals surface area contributed by atoms with Crippen molar-refractivity contribution in [1.82, 2.24) is 14.7 Å². The number of rotatable bonds is 4. The average molecular weight is 266 g/mol. The van der Waals surface area contributed by atoms with Crippen molar-refractivity contribution in [2.24, 2.45) is 11.7 Å². The first-order chi connectivity index (χ1) is 9.35. The second kappa shape index (κ2) is 6.53. The van der Waals surface area contributed by atoms with E-state index >= 15 is 0 Å². The number of fused-ring (bicyclic) bond motifs is 1. The predicted molar refractivity (Wildman–Crippen MR) is 79.3 cm³/mol. The molecule has 0 aliphatic carbocycles. The van der Waals surface area contributed by atoms with Crippen LogP contribution in [0.2, 0.25) is 0 Å². The third kappa shape index (κ3) is 3.48. The molecule has 19 heavy (non-hydrogen) atoms. The number of piperazine rings is 1. The van der Waals surface area contributed by atoms with E-state index in [2.05, 4.69) is 14.7 Å². The van der Waals surface area contributed by atoms with Gasteiger partial charge in [-0.2, -0.15) is 0 Å². The lowest BCUT2D eigenvalue weighted by Crippen LogP contribution is -2.51. The fourth-order valence-corrected chi connectivity index (χ4v) is 4.16. The first-order valence-corrected chi connectivity index (χ1v) is 8.24. The van der Waals surface area contributed by atoms with Crippen LogP contribution in [0, 0.1) is 5.92 Å². The van der Waals surface area contributed by atoms with Gasteiger partial charge in [0, 0.05) is 45.3 Å². The van der Waals surface area contributed by atoms with Crippen molar-refractivity contribution in [3.05, 3.63) is 0 Å². The molecular formula is C15H30N4. The number of hydrogen-bond acceptors (Lipinski definition) is 4. The Bertz CT molecular complexity index is 275. The van der Waals surface area contributed by atoms with Crippen LogP contribution < -0.4 is 5.73 Å². The molecule has 110 valence electrons. The minimum atomic E-state index is 0.814. The van der Waals surface area contributed by atoms with Crippen LogP contribution >= 0.6 is 0 Å². The SMILES string of the molecule is NCCN1CCC(CN2CCN3CCCC3C2)CC1. The maximum Gasteiger partial charge on any atom is 0.0224 e. The maximum atomic E-state index is 5.64. The van der Waals surface area contributed by atoms with Gasteiger partial charge in [0.05, 0.1) is 0 Å². The molecule has 3 aliphatic heterocycles. The Morgan fingerprint density at radius 3 is 2.53 bits per heavy atom. The minimum absolute atomic E-state index is 0.814. The second-order valence-electron chi connectivity index (χ2n) is 6.67. The van der Waals surface area contributed by atoms with Gasteiger partial charge in [-0.1, -0.05) is 0 Å². The van der Waals surface area contributed by atoms with Crippen molar-refractivity contribution in [2.75, 3.05) is 58.9 Å². The molecule has 3 fully saturated rings. The molecule has 0 aromatic heterocycles. The van der Waals surface area contributed by atoms with Crippen LogP contribution in [0.15, 0.2) is 0 Å². The summed E-state index contributed by atoms with van der Waals surface area (Å²) in [5, 5.41) is 0. The molecule has 0 radical (unpaired) electrons. The van der Waals surface area contributed by atoms with Crippen molar-refractivity contribution in [3.63, 3.8) is 0 Å². The zero-order chi connectivity index (χ0) is 13.1. The summed E-state index contributed by atoms with van der Waals surface area (Å²) in [5.74, 6) is 0.932. The molecule has 0 aromatic carbocycles. The zero-order valence-corrected chi connectivity index (χ0v) is 12.3. The second-order valence-corrected chi connectivity index (χ2v) is 6.67. The number of nitrogens with zero attached hydrogens (tertiary/aromatic N) is 3. The number of likely N-dealkylation sites (tertiary alicyclic amines) is 1. The van der Waals surface area contributed by atoms with E-state index < -0.39 is 0 Å². The van der Waals surface area contributed by atoms with E-state index in [0.29, 0.717) is 0 Å². The van der Waals surface area contributed by atoms with E-state index in [1.165, 1.54) is 71.5 Å². The zero-order valence-electron chi connectivity index (χ0n) is 12.3.